The molecule has 6 heteroatoms. The maximum atomic E-state index is 13.7. The molecule has 4 rings (SSSR count). The molecule has 0 saturated carbocycles. The summed E-state index contributed by atoms with van der Waals surface area (Å²) in [4.78, 5) is 40.1. The highest BCUT2D eigenvalue weighted by molar-refractivity contribution is 6.46. The van der Waals surface area contributed by atoms with Gasteiger partial charge >= 0.3 is 0 Å². The van der Waals surface area contributed by atoms with Crippen molar-refractivity contribution in [1.29, 1.82) is 0 Å². The molecule has 0 aliphatic carbocycles. The van der Waals surface area contributed by atoms with E-state index in [1.165, 1.54) is 11.8 Å². The van der Waals surface area contributed by atoms with Crippen LogP contribution in [-0.4, -0.2) is 17.7 Å². The highest BCUT2D eigenvalue weighted by atomic mass is 16.2. The van der Waals surface area contributed by atoms with E-state index in [1.54, 1.807) is 24.3 Å². The van der Waals surface area contributed by atoms with E-state index >= 15 is 0 Å². The summed E-state index contributed by atoms with van der Waals surface area (Å²) in [6.07, 6.45) is 0. The first-order chi connectivity index (χ1) is 16.2. The standard InChI is InChI=1S/C28H27N3O3/c1-16-6-8-18(3)23(14-16)30-26-25(21-10-12-22(13-11-21)29-20(5)32)27(33)31(28(26)34)24-15-17(2)7-9-19(24)4/h6-15,30H,1-5H3,(H,29,32). The number of rotatable bonds is 5. The summed E-state index contributed by atoms with van der Waals surface area (Å²) in [6, 6.07) is 18.6. The third-order valence-electron chi connectivity index (χ3n) is 5.84. The minimum atomic E-state index is -0.402. The molecular formula is C28H27N3O3. The molecule has 0 saturated heterocycles. The van der Waals surface area contributed by atoms with Gasteiger partial charge in [-0.15, -0.1) is 0 Å². The third kappa shape index (κ3) is 4.35. The van der Waals surface area contributed by atoms with E-state index < -0.39 is 11.8 Å². The summed E-state index contributed by atoms with van der Waals surface area (Å²) in [5.74, 6) is -0.975. The summed E-state index contributed by atoms with van der Waals surface area (Å²) in [5, 5.41) is 5.98. The van der Waals surface area contributed by atoms with E-state index in [9.17, 15) is 14.4 Å². The topological polar surface area (TPSA) is 78.5 Å². The van der Waals surface area contributed by atoms with Crippen LogP contribution in [0.2, 0.25) is 0 Å². The van der Waals surface area contributed by atoms with Crippen molar-refractivity contribution >= 4 is 40.4 Å². The molecule has 1 aliphatic rings. The molecule has 0 radical (unpaired) electrons. The molecule has 3 aromatic rings. The summed E-state index contributed by atoms with van der Waals surface area (Å²) in [6.45, 7) is 9.17. The van der Waals surface area contributed by atoms with Gasteiger partial charge in [0, 0.05) is 18.3 Å². The van der Waals surface area contributed by atoms with Crippen LogP contribution in [0.15, 0.2) is 66.4 Å². The van der Waals surface area contributed by atoms with E-state index in [0.29, 0.717) is 22.5 Å². The molecule has 1 heterocycles. The van der Waals surface area contributed by atoms with Crippen LogP contribution in [0, 0.1) is 27.7 Å². The van der Waals surface area contributed by atoms with Crippen LogP contribution in [0.1, 0.15) is 34.7 Å². The summed E-state index contributed by atoms with van der Waals surface area (Å²) >= 11 is 0. The van der Waals surface area contributed by atoms with Crippen molar-refractivity contribution in [3.63, 3.8) is 0 Å². The van der Waals surface area contributed by atoms with Crippen LogP contribution in [0.4, 0.5) is 17.1 Å². The number of amides is 3. The van der Waals surface area contributed by atoms with Crippen molar-refractivity contribution in [3.05, 3.63) is 94.2 Å². The van der Waals surface area contributed by atoms with Crippen molar-refractivity contribution in [2.24, 2.45) is 0 Å². The molecule has 1 aliphatic heterocycles. The zero-order chi connectivity index (χ0) is 24.6. The zero-order valence-electron chi connectivity index (χ0n) is 19.9. The first kappa shape index (κ1) is 23.0. The van der Waals surface area contributed by atoms with Crippen LogP contribution in [-0.2, 0) is 14.4 Å². The van der Waals surface area contributed by atoms with E-state index in [0.717, 1.165) is 27.9 Å². The Kier molecular flexibility index (Phi) is 6.07. The smallest absolute Gasteiger partial charge is 0.282 e. The number of anilines is 3. The molecule has 0 aromatic heterocycles. The largest absolute Gasteiger partial charge is 0.350 e. The van der Waals surface area contributed by atoms with Gasteiger partial charge in [0.25, 0.3) is 11.8 Å². The van der Waals surface area contributed by atoms with Gasteiger partial charge in [0.1, 0.15) is 5.70 Å². The fraction of sp³-hybridized carbons (Fsp3) is 0.179. The molecule has 0 unspecified atom stereocenters. The third-order valence-corrected chi connectivity index (χ3v) is 5.84. The Morgan fingerprint density at radius 3 is 2.03 bits per heavy atom. The Morgan fingerprint density at radius 1 is 0.765 bits per heavy atom. The van der Waals surface area contributed by atoms with E-state index in [1.807, 2.05) is 64.1 Å². The first-order valence-corrected chi connectivity index (χ1v) is 11.1. The van der Waals surface area contributed by atoms with E-state index in [4.69, 9.17) is 0 Å². The average Bonchev–Trinajstić information content (AvgIpc) is 3.02. The molecule has 0 atom stereocenters. The molecule has 6 nitrogen and oxygen atoms in total. The van der Waals surface area contributed by atoms with E-state index in [-0.39, 0.29) is 11.6 Å². The lowest BCUT2D eigenvalue weighted by Crippen LogP contribution is -2.33. The number of nitrogens with zero attached hydrogens (tertiary/aromatic N) is 1. The quantitative estimate of drug-likeness (QED) is 0.516. The van der Waals surface area contributed by atoms with Crippen molar-refractivity contribution in [2.45, 2.75) is 34.6 Å². The van der Waals surface area contributed by atoms with Crippen LogP contribution in [0.5, 0.6) is 0 Å². The van der Waals surface area contributed by atoms with Crippen LogP contribution < -0.4 is 15.5 Å². The average molecular weight is 454 g/mol. The van der Waals surface area contributed by atoms with Gasteiger partial charge in [-0.2, -0.15) is 0 Å². The Balaban J connectivity index is 1.84. The van der Waals surface area contributed by atoms with Crippen molar-refractivity contribution in [2.75, 3.05) is 15.5 Å². The molecule has 172 valence electrons. The van der Waals surface area contributed by atoms with Crippen LogP contribution in [0.3, 0.4) is 0 Å². The Hall–Kier alpha value is -4.19. The normalized spacial score (nSPS) is 13.5. The van der Waals surface area contributed by atoms with Crippen LogP contribution in [0.25, 0.3) is 5.57 Å². The summed E-state index contributed by atoms with van der Waals surface area (Å²) < 4.78 is 0. The number of aryl methyl sites for hydroxylation is 4. The number of imide groups is 1. The number of carbonyl (C=O) groups excluding carboxylic acids is 3. The fourth-order valence-corrected chi connectivity index (χ4v) is 4.02. The second kappa shape index (κ2) is 8.98. The molecule has 2 N–H and O–H groups in total. The highest BCUT2D eigenvalue weighted by Gasteiger charge is 2.41. The van der Waals surface area contributed by atoms with Gasteiger partial charge in [-0.1, -0.05) is 36.4 Å². The zero-order valence-corrected chi connectivity index (χ0v) is 19.9. The van der Waals surface area contributed by atoms with Crippen molar-refractivity contribution in [3.8, 4) is 0 Å². The van der Waals surface area contributed by atoms with Crippen molar-refractivity contribution in [1.82, 2.24) is 0 Å². The summed E-state index contributed by atoms with van der Waals surface area (Å²) in [7, 11) is 0. The number of hydrogen-bond acceptors (Lipinski definition) is 4. The SMILES string of the molecule is CC(=O)Nc1ccc(C2=C(Nc3cc(C)ccc3C)C(=O)N(c3cc(C)ccc3C)C2=O)cc1. The Morgan fingerprint density at radius 2 is 1.38 bits per heavy atom. The maximum absolute atomic E-state index is 13.7. The van der Waals surface area contributed by atoms with Gasteiger partial charge in [-0.3, -0.25) is 14.4 Å². The predicted octanol–water partition coefficient (Wildman–Crippen LogP) is 5.28. The highest BCUT2D eigenvalue weighted by Crippen LogP contribution is 2.36. The molecule has 3 amide bonds. The number of benzene rings is 3. The molecule has 0 bridgehead atoms. The van der Waals surface area contributed by atoms with Crippen LogP contribution >= 0.6 is 0 Å². The van der Waals surface area contributed by atoms with E-state index in [2.05, 4.69) is 10.6 Å². The number of hydrogen-bond donors (Lipinski definition) is 2. The summed E-state index contributed by atoms with van der Waals surface area (Å²) in [5.41, 5.74) is 6.86. The second-order valence-electron chi connectivity index (χ2n) is 8.69. The van der Waals surface area contributed by atoms with Gasteiger partial charge in [0.2, 0.25) is 5.91 Å². The molecule has 3 aromatic carbocycles. The molecule has 0 spiro atoms. The van der Waals surface area contributed by atoms with Gasteiger partial charge < -0.3 is 10.6 Å². The number of carbonyl (C=O) groups is 3. The lowest BCUT2D eigenvalue weighted by atomic mass is 10.0. The number of nitrogens with one attached hydrogen (secondary N) is 2. The first-order valence-electron chi connectivity index (χ1n) is 11.1. The van der Waals surface area contributed by atoms with Gasteiger partial charge in [-0.25, -0.2) is 4.90 Å². The Bertz CT molecular complexity index is 1350. The fourth-order valence-electron chi connectivity index (χ4n) is 4.02. The monoisotopic (exact) mass is 453 g/mol. The lowest BCUT2D eigenvalue weighted by Gasteiger charge is -2.18. The minimum Gasteiger partial charge on any atom is -0.350 e. The predicted molar refractivity (Wildman–Crippen MR) is 136 cm³/mol. The minimum absolute atomic E-state index is 0.183. The molecule has 0 fully saturated rings. The second-order valence-corrected chi connectivity index (χ2v) is 8.69. The molecular weight excluding hydrogens is 426 g/mol. The maximum Gasteiger partial charge on any atom is 0.282 e. The van der Waals surface area contributed by atoms with Gasteiger partial charge in [0.05, 0.1) is 11.3 Å². The van der Waals surface area contributed by atoms with Gasteiger partial charge in [-0.05, 0) is 79.8 Å². The Labute approximate surface area is 199 Å². The van der Waals surface area contributed by atoms with Gasteiger partial charge in [0.15, 0.2) is 0 Å². The van der Waals surface area contributed by atoms with Crippen molar-refractivity contribution < 1.29 is 14.4 Å². The molecule has 34 heavy (non-hydrogen) atoms. The lowest BCUT2D eigenvalue weighted by molar-refractivity contribution is -0.120.